The molecule has 3 nitrogen and oxygen atoms in total. The minimum Gasteiger partial charge on any atom is -0.810 e. The van der Waals surface area contributed by atoms with Gasteiger partial charge in [0.25, 0.3) is 0 Å². The Bertz CT molecular complexity index is 192. The second kappa shape index (κ2) is 5.74. The molecule has 0 bridgehead atoms. The first kappa shape index (κ1) is 11.1. The topological polar surface area (TPSA) is 55.3 Å². The summed E-state index contributed by atoms with van der Waals surface area (Å²) in [7, 11) is -2.78. The molecule has 5 heteroatoms. The van der Waals surface area contributed by atoms with Crippen LogP contribution < -0.4 is 14.3 Å². The third kappa shape index (κ3) is 4.56. The van der Waals surface area contributed by atoms with Gasteiger partial charge in [0.1, 0.15) is 5.75 Å². The van der Waals surface area contributed by atoms with E-state index in [9.17, 15) is 9.79 Å². The third-order valence-electron chi connectivity index (χ3n) is 0.923. The van der Waals surface area contributed by atoms with Crippen molar-refractivity contribution < 1.29 is 14.3 Å². The van der Waals surface area contributed by atoms with E-state index >= 15 is 0 Å². The molecule has 0 spiro atoms. The van der Waals surface area contributed by atoms with Crippen molar-refractivity contribution in [1.82, 2.24) is 0 Å². The largest absolute Gasteiger partial charge is 2.00 e. The van der Waals surface area contributed by atoms with Crippen LogP contribution in [0.1, 0.15) is 0 Å². The fraction of sp³-hybridized carbons (Fsp3) is 0. The molecule has 1 aromatic rings. The molecule has 0 fully saturated rings. The fourth-order valence-electron chi connectivity index (χ4n) is 0.567. The smallest absolute Gasteiger partial charge is 0.810 e. The van der Waals surface area contributed by atoms with Crippen LogP contribution in [0.3, 0.4) is 0 Å². The molecule has 0 saturated heterocycles. The fourth-order valence-corrected chi connectivity index (χ4v) is 0.861. The van der Waals surface area contributed by atoms with E-state index < -0.39 is 8.60 Å². The molecule has 54 valence electrons. The van der Waals surface area contributed by atoms with E-state index in [0.29, 0.717) is 5.75 Å². The van der Waals surface area contributed by atoms with Gasteiger partial charge in [-0.2, -0.15) is 0 Å². The van der Waals surface area contributed by atoms with Gasteiger partial charge in [-0.05, 0) is 12.1 Å². The van der Waals surface area contributed by atoms with Crippen LogP contribution >= 0.6 is 8.60 Å². The van der Waals surface area contributed by atoms with Crippen LogP contribution in [0.4, 0.5) is 0 Å². The quantitative estimate of drug-likeness (QED) is 0.461. The molecule has 1 aromatic carbocycles. The van der Waals surface area contributed by atoms with Gasteiger partial charge in [0.15, 0.2) is 0 Å². The first-order valence-electron chi connectivity index (χ1n) is 2.66. The molecule has 1 rings (SSSR count). The van der Waals surface area contributed by atoms with Crippen molar-refractivity contribution in [3.63, 3.8) is 0 Å². The van der Waals surface area contributed by atoms with Crippen LogP contribution in [0.15, 0.2) is 30.3 Å². The maximum atomic E-state index is 9.98. The Kier molecular flexibility index (Phi) is 5.82. The minimum atomic E-state index is -2.78. The zero-order valence-electron chi connectivity index (χ0n) is 5.77. The van der Waals surface area contributed by atoms with Gasteiger partial charge in [-0.3, -0.25) is 0 Å². The van der Waals surface area contributed by atoms with E-state index in [-0.39, 0.29) is 23.1 Å². The predicted molar refractivity (Wildman–Crippen MR) is 39.7 cm³/mol. The number of rotatable bonds is 2. The van der Waals surface area contributed by atoms with Crippen molar-refractivity contribution in [2.45, 2.75) is 0 Å². The molecule has 0 aliphatic heterocycles. The van der Waals surface area contributed by atoms with Gasteiger partial charge in [0.05, 0.1) is 0 Å². The molecule has 0 saturated carbocycles. The van der Waals surface area contributed by atoms with Crippen LogP contribution in [-0.2, 0) is 0 Å². The first-order valence-corrected chi connectivity index (χ1v) is 3.76. The summed E-state index contributed by atoms with van der Waals surface area (Å²) in [4.78, 5) is 20.0. The van der Waals surface area contributed by atoms with Crippen molar-refractivity contribution in [2.75, 3.05) is 0 Å². The van der Waals surface area contributed by atoms with E-state index in [1.54, 1.807) is 30.3 Å². The molecule has 0 N–H and O–H groups in total. The minimum absolute atomic E-state index is 0. The predicted octanol–water partition coefficient (Wildman–Crippen LogP) is -0.368. The van der Waals surface area contributed by atoms with Gasteiger partial charge < -0.3 is 14.3 Å². The van der Waals surface area contributed by atoms with Crippen molar-refractivity contribution >= 4 is 31.7 Å². The average molecular weight is 180 g/mol. The van der Waals surface area contributed by atoms with Crippen molar-refractivity contribution in [3.05, 3.63) is 30.3 Å². The maximum Gasteiger partial charge on any atom is 2.00 e. The summed E-state index contributed by atoms with van der Waals surface area (Å²) < 4.78 is 4.37. The summed E-state index contributed by atoms with van der Waals surface area (Å²) >= 11 is 0. The van der Waals surface area contributed by atoms with Crippen LogP contribution in [0, 0.1) is 0 Å². The van der Waals surface area contributed by atoms with E-state index in [1.807, 2.05) is 0 Å². The number of hydrogen-bond donors (Lipinski definition) is 0. The van der Waals surface area contributed by atoms with E-state index in [2.05, 4.69) is 4.52 Å². The van der Waals surface area contributed by atoms with Crippen molar-refractivity contribution in [1.29, 1.82) is 0 Å². The summed E-state index contributed by atoms with van der Waals surface area (Å²) in [5.74, 6) is 0.346. The molecule has 0 radical (unpaired) electrons. The number of hydrogen-bond acceptors (Lipinski definition) is 3. The van der Waals surface area contributed by atoms with Gasteiger partial charge in [-0.25, -0.2) is 0 Å². The monoisotopic (exact) mass is 180 g/mol. The molecule has 0 unspecified atom stereocenters. The zero-order valence-corrected chi connectivity index (χ0v) is 8.07. The molecule has 0 aliphatic rings. The second-order valence-electron chi connectivity index (χ2n) is 1.63. The molecule has 11 heavy (non-hydrogen) atoms. The number of para-hydroxylation sites is 1. The van der Waals surface area contributed by atoms with Crippen LogP contribution in [0.5, 0.6) is 5.75 Å². The Labute approximate surface area is 82.2 Å². The molecule has 0 aromatic heterocycles. The SMILES string of the molecule is [Mg+2].[O-]P([O-])Oc1ccccc1. The zero-order chi connectivity index (χ0) is 7.40. The van der Waals surface area contributed by atoms with E-state index in [1.165, 1.54) is 0 Å². The van der Waals surface area contributed by atoms with Crippen molar-refractivity contribution in [3.8, 4) is 5.75 Å². The Morgan fingerprint density at radius 3 is 2.09 bits per heavy atom. The summed E-state index contributed by atoms with van der Waals surface area (Å²) in [5.41, 5.74) is 0. The van der Waals surface area contributed by atoms with Gasteiger partial charge >= 0.3 is 23.1 Å². The summed E-state index contributed by atoms with van der Waals surface area (Å²) in [6, 6.07) is 8.34. The standard InChI is InChI=1S/C6H5O3P.Mg/c7-10(8)9-6-4-2-1-3-5-6;/h1-5H;/q-2;+2. The average Bonchev–Trinajstić information content (AvgIpc) is 1.88. The maximum absolute atomic E-state index is 9.98. The molecule has 0 atom stereocenters. The van der Waals surface area contributed by atoms with Gasteiger partial charge in [-0.15, -0.1) is 0 Å². The molecular weight excluding hydrogens is 175 g/mol. The normalized spacial score (nSPS) is 9.00. The summed E-state index contributed by atoms with van der Waals surface area (Å²) in [6.45, 7) is 0. The Morgan fingerprint density at radius 1 is 1.09 bits per heavy atom. The molecular formula is C6H5MgO3P. The van der Waals surface area contributed by atoms with Crippen LogP contribution in [0.2, 0.25) is 0 Å². The van der Waals surface area contributed by atoms with Crippen LogP contribution in [-0.4, -0.2) is 23.1 Å². The van der Waals surface area contributed by atoms with E-state index in [0.717, 1.165) is 0 Å². The summed E-state index contributed by atoms with van der Waals surface area (Å²) in [6.07, 6.45) is 0. The third-order valence-corrected chi connectivity index (χ3v) is 1.28. The number of benzene rings is 1. The van der Waals surface area contributed by atoms with Crippen molar-refractivity contribution in [2.24, 2.45) is 0 Å². The second-order valence-corrected chi connectivity index (χ2v) is 2.26. The Balaban J connectivity index is 0.000001000. The molecule has 0 aliphatic carbocycles. The van der Waals surface area contributed by atoms with Gasteiger partial charge in [0.2, 0.25) is 0 Å². The van der Waals surface area contributed by atoms with Gasteiger partial charge in [-0.1, -0.05) is 26.8 Å². The first-order chi connectivity index (χ1) is 4.79. The van der Waals surface area contributed by atoms with Crippen LogP contribution in [0.25, 0.3) is 0 Å². The Morgan fingerprint density at radius 2 is 1.64 bits per heavy atom. The summed E-state index contributed by atoms with van der Waals surface area (Å²) in [5, 5.41) is 0. The Hall–Kier alpha value is 0.136. The van der Waals surface area contributed by atoms with E-state index in [4.69, 9.17) is 0 Å². The molecule has 0 heterocycles. The van der Waals surface area contributed by atoms with Gasteiger partial charge in [0, 0.05) is 0 Å². The molecule has 0 amide bonds.